The Morgan fingerprint density at radius 2 is 2.32 bits per heavy atom. The number of carbonyl (C=O) groups is 1. The van der Waals surface area contributed by atoms with Crippen LogP contribution in [0.15, 0.2) is 23.3 Å². The summed E-state index contributed by atoms with van der Waals surface area (Å²) in [7, 11) is 1.18. The maximum absolute atomic E-state index is 13.1. The molecule has 0 fully saturated rings. The number of methoxy groups -OCH3 is 1. The van der Waals surface area contributed by atoms with E-state index in [9.17, 15) is 9.18 Å². The summed E-state index contributed by atoms with van der Waals surface area (Å²) in [5.41, 5.74) is 7.04. The molecule has 0 aromatic heterocycles. The summed E-state index contributed by atoms with van der Waals surface area (Å²) in [6, 6.07) is 4.87. The molecule has 19 heavy (non-hydrogen) atoms. The van der Waals surface area contributed by atoms with E-state index in [0.717, 1.165) is 12.1 Å². The van der Waals surface area contributed by atoms with Crippen LogP contribution in [0.4, 0.5) is 10.1 Å². The Bertz CT molecular complexity index is 591. The van der Waals surface area contributed by atoms with Crippen LogP contribution in [0.2, 0.25) is 0 Å². The number of amidine groups is 1. The van der Waals surface area contributed by atoms with E-state index >= 15 is 0 Å². The maximum Gasteiger partial charge on any atom is 0.340 e. The van der Waals surface area contributed by atoms with Crippen molar-refractivity contribution in [2.75, 3.05) is 12.5 Å². The number of carbonyl (C=O) groups excluding carboxylic acids is 1. The smallest absolute Gasteiger partial charge is 0.340 e. The molecule has 98 valence electrons. The number of rotatable bonds is 4. The minimum absolute atomic E-state index is 0.000787. The van der Waals surface area contributed by atoms with E-state index in [2.05, 4.69) is 15.3 Å². The second-order valence-electron chi connectivity index (χ2n) is 3.28. The lowest BCUT2D eigenvalue weighted by Gasteiger charge is -2.07. The Morgan fingerprint density at radius 3 is 2.84 bits per heavy atom. The maximum atomic E-state index is 13.1. The van der Waals surface area contributed by atoms with Gasteiger partial charge in [-0.05, 0) is 18.2 Å². The first-order chi connectivity index (χ1) is 8.99. The standard InChI is InChI=1S/C11H10FN5O2/c1-19-11(18)7-3-2-6(12)4-8(7)16-17-9(5-13)10(14)15/h2-4,16H,1H3,(H3,14,15)/b17-9+. The molecule has 0 radical (unpaired) electrons. The first kappa shape index (κ1) is 14.1. The number of benzene rings is 1. The molecule has 1 aromatic rings. The zero-order chi connectivity index (χ0) is 14.4. The van der Waals surface area contributed by atoms with Crippen LogP contribution >= 0.6 is 0 Å². The Kier molecular flexibility index (Phi) is 4.54. The molecule has 0 bridgehead atoms. The number of nitrogens with zero attached hydrogens (tertiary/aromatic N) is 2. The number of esters is 1. The fourth-order valence-electron chi connectivity index (χ4n) is 1.16. The van der Waals surface area contributed by atoms with E-state index in [1.807, 2.05) is 0 Å². The monoisotopic (exact) mass is 263 g/mol. The highest BCUT2D eigenvalue weighted by Gasteiger charge is 2.13. The Morgan fingerprint density at radius 1 is 1.63 bits per heavy atom. The number of hydrogen-bond acceptors (Lipinski definition) is 6. The van der Waals surface area contributed by atoms with Gasteiger partial charge in [0.15, 0.2) is 5.84 Å². The molecule has 7 nitrogen and oxygen atoms in total. The highest BCUT2D eigenvalue weighted by Crippen LogP contribution is 2.18. The average Bonchev–Trinajstić information content (AvgIpc) is 2.38. The number of nitriles is 1. The number of hydrogen-bond donors (Lipinski definition) is 3. The van der Waals surface area contributed by atoms with Crippen LogP contribution in [-0.2, 0) is 4.74 Å². The Balaban J connectivity index is 3.13. The van der Waals surface area contributed by atoms with E-state index in [4.69, 9.17) is 16.4 Å². The van der Waals surface area contributed by atoms with Gasteiger partial charge in [-0.15, -0.1) is 0 Å². The van der Waals surface area contributed by atoms with Gasteiger partial charge in [-0.1, -0.05) is 0 Å². The molecule has 8 heteroatoms. The van der Waals surface area contributed by atoms with E-state index in [0.29, 0.717) is 0 Å². The molecule has 0 aliphatic rings. The first-order valence-electron chi connectivity index (χ1n) is 4.95. The Hall–Kier alpha value is -2.95. The molecule has 0 aliphatic heterocycles. The van der Waals surface area contributed by atoms with Crippen LogP contribution in [-0.4, -0.2) is 24.6 Å². The molecule has 0 saturated carbocycles. The van der Waals surface area contributed by atoms with Crippen molar-refractivity contribution in [2.45, 2.75) is 0 Å². The molecule has 0 atom stereocenters. The summed E-state index contributed by atoms with van der Waals surface area (Å²) in [6.07, 6.45) is 0. The number of hydrazone groups is 1. The fourth-order valence-corrected chi connectivity index (χ4v) is 1.16. The highest BCUT2D eigenvalue weighted by atomic mass is 19.1. The minimum Gasteiger partial charge on any atom is -0.465 e. The van der Waals surface area contributed by atoms with Crippen molar-refractivity contribution in [3.8, 4) is 6.07 Å². The van der Waals surface area contributed by atoms with Gasteiger partial charge in [0.1, 0.15) is 11.9 Å². The molecular weight excluding hydrogens is 253 g/mol. The van der Waals surface area contributed by atoms with Crippen LogP contribution < -0.4 is 11.2 Å². The topological polar surface area (TPSA) is 124 Å². The lowest BCUT2D eigenvalue weighted by molar-refractivity contribution is 0.0602. The predicted molar refractivity (Wildman–Crippen MR) is 66.3 cm³/mol. The van der Waals surface area contributed by atoms with Crippen molar-refractivity contribution in [3.05, 3.63) is 29.6 Å². The molecule has 1 rings (SSSR count). The first-order valence-corrected chi connectivity index (χ1v) is 4.95. The molecule has 0 heterocycles. The van der Waals surface area contributed by atoms with Gasteiger partial charge in [0.05, 0.1) is 18.4 Å². The van der Waals surface area contributed by atoms with Gasteiger partial charge < -0.3 is 10.5 Å². The van der Waals surface area contributed by atoms with Crippen LogP contribution in [0.3, 0.4) is 0 Å². The SMILES string of the molecule is COC(=O)c1ccc(F)cc1N/N=C(\C#N)C(=N)N. The predicted octanol–water partition coefficient (Wildman–Crippen LogP) is 0.840. The number of halogens is 1. The van der Waals surface area contributed by atoms with Crippen molar-refractivity contribution in [2.24, 2.45) is 10.8 Å². The molecule has 0 unspecified atom stereocenters. The van der Waals surface area contributed by atoms with E-state index < -0.39 is 17.6 Å². The summed E-state index contributed by atoms with van der Waals surface area (Å²) in [5.74, 6) is -1.85. The zero-order valence-corrected chi connectivity index (χ0v) is 9.90. The summed E-state index contributed by atoms with van der Waals surface area (Å²) in [4.78, 5) is 11.4. The van der Waals surface area contributed by atoms with Crippen molar-refractivity contribution < 1.29 is 13.9 Å². The quantitative estimate of drug-likeness (QED) is 0.321. The van der Waals surface area contributed by atoms with Crippen molar-refractivity contribution in [3.63, 3.8) is 0 Å². The lowest BCUT2D eigenvalue weighted by atomic mass is 10.2. The summed E-state index contributed by atoms with van der Waals surface area (Å²) in [6.45, 7) is 0. The molecule has 0 aliphatic carbocycles. The Labute approximate surface area is 108 Å². The third kappa shape index (κ3) is 3.50. The zero-order valence-electron chi connectivity index (χ0n) is 9.90. The van der Waals surface area contributed by atoms with Gasteiger partial charge in [-0.2, -0.15) is 10.4 Å². The van der Waals surface area contributed by atoms with Gasteiger partial charge in [0.2, 0.25) is 5.71 Å². The van der Waals surface area contributed by atoms with Gasteiger partial charge in [-0.25, -0.2) is 9.18 Å². The second kappa shape index (κ2) is 6.11. The molecule has 0 spiro atoms. The molecule has 1 aromatic carbocycles. The molecule has 0 saturated heterocycles. The highest BCUT2D eigenvalue weighted by molar-refractivity contribution is 6.45. The van der Waals surface area contributed by atoms with Crippen LogP contribution in [0.5, 0.6) is 0 Å². The van der Waals surface area contributed by atoms with E-state index in [1.165, 1.54) is 13.2 Å². The average molecular weight is 263 g/mol. The summed E-state index contributed by atoms with van der Waals surface area (Å²) in [5, 5.41) is 19.2. The number of ether oxygens (including phenoxy) is 1. The van der Waals surface area contributed by atoms with Gasteiger partial charge >= 0.3 is 5.97 Å². The van der Waals surface area contributed by atoms with Gasteiger partial charge in [0, 0.05) is 0 Å². The number of nitrogens with two attached hydrogens (primary N) is 1. The van der Waals surface area contributed by atoms with Gasteiger partial charge in [-0.3, -0.25) is 10.8 Å². The second-order valence-corrected chi connectivity index (χ2v) is 3.28. The molecule has 4 N–H and O–H groups in total. The van der Waals surface area contributed by atoms with E-state index in [1.54, 1.807) is 6.07 Å². The normalized spacial score (nSPS) is 10.5. The number of nitrogens with one attached hydrogen (secondary N) is 2. The van der Waals surface area contributed by atoms with Crippen LogP contribution in [0, 0.1) is 22.6 Å². The van der Waals surface area contributed by atoms with Gasteiger partial charge in [0.25, 0.3) is 0 Å². The fraction of sp³-hybridized carbons (Fsp3) is 0.0909. The molecular formula is C11H10FN5O2. The summed E-state index contributed by atoms with van der Waals surface area (Å²) >= 11 is 0. The third-order valence-corrected chi connectivity index (χ3v) is 2.04. The molecule has 0 amide bonds. The third-order valence-electron chi connectivity index (χ3n) is 2.04. The van der Waals surface area contributed by atoms with Crippen LogP contribution in [0.1, 0.15) is 10.4 Å². The lowest BCUT2D eigenvalue weighted by Crippen LogP contribution is -2.22. The largest absolute Gasteiger partial charge is 0.465 e. The van der Waals surface area contributed by atoms with Crippen LogP contribution in [0.25, 0.3) is 0 Å². The van der Waals surface area contributed by atoms with Crippen molar-refractivity contribution in [1.29, 1.82) is 10.7 Å². The van der Waals surface area contributed by atoms with Crippen molar-refractivity contribution >= 4 is 23.2 Å². The minimum atomic E-state index is -0.695. The van der Waals surface area contributed by atoms with E-state index in [-0.39, 0.29) is 17.0 Å². The summed E-state index contributed by atoms with van der Waals surface area (Å²) < 4.78 is 17.6. The van der Waals surface area contributed by atoms with Crippen molar-refractivity contribution in [1.82, 2.24) is 0 Å². The number of anilines is 1.